The molecule has 0 spiro atoms. The minimum Gasteiger partial charge on any atom is -0.341 e. The van der Waals surface area contributed by atoms with Crippen molar-refractivity contribution in [2.45, 2.75) is 19.6 Å². The van der Waals surface area contributed by atoms with Gasteiger partial charge in [0.1, 0.15) is 0 Å². The first-order valence-electron chi connectivity index (χ1n) is 5.87. The molecular weight excluding hydrogens is 293 g/mol. The molecule has 114 valence electrons. The molecule has 0 aliphatic carbocycles. The van der Waals surface area contributed by atoms with Crippen molar-refractivity contribution in [2.75, 3.05) is 13.6 Å². The lowest BCUT2D eigenvalue weighted by atomic mass is 10.1. The second kappa shape index (κ2) is 7.50. The van der Waals surface area contributed by atoms with Gasteiger partial charge in [-0.3, -0.25) is 4.79 Å². The van der Waals surface area contributed by atoms with Gasteiger partial charge in [-0.25, -0.2) is 0 Å². The van der Waals surface area contributed by atoms with Gasteiger partial charge in [0, 0.05) is 26.1 Å². The normalized spacial score (nSPS) is 12.5. The summed E-state index contributed by atoms with van der Waals surface area (Å²) in [5.41, 5.74) is 4.74. The monoisotopic (exact) mass is 310 g/mol. The first kappa shape index (κ1) is 18.7. The number of carbonyl (C=O) groups is 1. The van der Waals surface area contributed by atoms with Crippen molar-refractivity contribution in [3.05, 3.63) is 35.4 Å². The fourth-order valence-corrected chi connectivity index (χ4v) is 1.75. The van der Waals surface area contributed by atoms with E-state index in [1.54, 1.807) is 6.92 Å². The molecule has 1 atom stereocenters. The molecule has 1 rings (SSSR count). The number of alkyl halides is 3. The zero-order valence-electron chi connectivity index (χ0n) is 11.3. The minimum absolute atomic E-state index is 0. The third kappa shape index (κ3) is 4.68. The molecule has 0 saturated carbocycles. The number of halogens is 4. The van der Waals surface area contributed by atoms with Crippen molar-refractivity contribution in [3.8, 4) is 0 Å². The fourth-order valence-electron chi connectivity index (χ4n) is 1.75. The number of amides is 1. The van der Waals surface area contributed by atoms with Gasteiger partial charge < -0.3 is 10.6 Å². The summed E-state index contributed by atoms with van der Waals surface area (Å²) < 4.78 is 38.4. The summed E-state index contributed by atoms with van der Waals surface area (Å²) in [7, 11) is 1.47. The zero-order chi connectivity index (χ0) is 14.6. The Balaban J connectivity index is 0.00000361. The van der Waals surface area contributed by atoms with E-state index in [2.05, 4.69) is 0 Å². The molecule has 3 nitrogen and oxygen atoms in total. The van der Waals surface area contributed by atoms with Crippen LogP contribution in [0.25, 0.3) is 0 Å². The Morgan fingerprint density at radius 3 is 2.40 bits per heavy atom. The van der Waals surface area contributed by atoms with Crippen molar-refractivity contribution in [1.82, 2.24) is 4.90 Å². The Bertz CT molecular complexity index is 451. The van der Waals surface area contributed by atoms with E-state index < -0.39 is 17.7 Å². The van der Waals surface area contributed by atoms with Gasteiger partial charge in [0.25, 0.3) is 0 Å². The van der Waals surface area contributed by atoms with Crippen LogP contribution < -0.4 is 5.73 Å². The Morgan fingerprint density at radius 1 is 1.35 bits per heavy atom. The summed E-state index contributed by atoms with van der Waals surface area (Å²) in [5, 5.41) is 0. The highest BCUT2D eigenvalue weighted by atomic mass is 35.5. The third-order valence-corrected chi connectivity index (χ3v) is 2.88. The number of nitrogens with two attached hydrogens (primary N) is 1. The molecule has 0 radical (unpaired) electrons. The van der Waals surface area contributed by atoms with Gasteiger partial charge in [-0.2, -0.15) is 13.2 Å². The molecule has 0 heterocycles. The number of hydrogen-bond acceptors (Lipinski definition) is 2. The van der Waals surface area contributed by atoms with E-state index in [9.17, 15) is 18.0 Å². The Morgan fingerprint density at radius 2 is 1.90 bits per heavy atom. The predicted molar refractivity (Wildman–Crippen MR) is 73.4 cm³/mol. The largest absolute Gasteiger partial charge is 0.416 e. The molecule has 0 saturated heterocycles. The molecular formula is C13H18ClF3N2O. The quantitative estimate of drug-likeness (QED) is 0.929. The molecule has 7 heteroatoms. The lowest BCUT2D eigenvalue weighted by Gasteiger charge is -2.22. The second-order valence-electron chi connectivity index (χ2n) is 4.49. The Kier molecular flexibility index (Phi) is 7.02. The molecule has 1 unspecified atom stereocenters. The average Bonchev–Trinajstić information content (AvgIpc) is 2.36. The average molecular weight is 311 g/mol. The van der Waals surface area contributed by atoms with Gasteiger partial charge in [-0.1, -0.05) is 25.1 Å². The van der Waals surface area contributed by atoms with Gasteiger partial charge in [0.05, 0.1) is 5.56 Å². The van der Waals surface area contributed by atoms with Gasteiger partial charge in [-0.15, -0.1) is 12.4 Å². The molecule has 2 N–H and O–H groups in total. The van der Waals surface area contributed by atoms with Crippen LogP contribution in [0.4, 0.5) is 13.2 Å². The molecule has 0 aliphatic rings. The Hall–Kier alpha value is -1.27. The summed E-state index contributed by atoms with van der Waals surface area (Å²) in [6.07, 6.45) is -4.42. The highest BCUT2D eigenvalue weighted by Crippen LogP contribution is 2.32. The van der Waals surface area contributed by atoms with E-state index in [1.807, 2.05) is 0 Å². The first-order valence-corrected chi connectivity index (χ1v) is 5.87. The number of hydrogen-bond donors (Lipinski definition) is 1. The van der Waals surface area contributed by atoms with E-state index in [4.69, 9.17) is 5.73 Å². The van der Waals surface area contributed by atoms with Crippen LogP contribution in [0.1, 0.15) is 18.1 Å². The van der Waals surface area contributed by atoms with Crippen LogP contribution >= 0.6 is 12.4 Å². The van der Waals surface area contributed by atoms with Crippen LogP contribution in [-0.4, -0.2) is 24.4 Å². The van der Waals surface area contributed by atoms with Crippen LogP contribution in [0, 0.1) is 5.92 Å². The number of benzene rings is 1. The standard InChI is InChI=1S/C13H17F3N2O.ClH/c1-9(7-17)12(19)18(2)8-10-5-3-4-6-11(10)13(14,15)16;/h3-6,9H,7-8,17H2,1-2H3;1H. The van der Waals surface area contributed by atoms with Crippen LogP contribution in [-0.2, 0) is 17.5 Å². The maximum atomic E-state index is 12.8. The molecule has 0 bridgehead atoms. The predicted octanol–water partition coefficient (Wildman–Crippen LogP) is 2.68. The highest BCUT2D eigenvalue weighted by Gasteiger charge is 2.33. The summed E-state index contributed by atoms with van der Waals surface area (Å²) >= 11 is 0. The SMILES string of the molecule is CC(CN)C(=O)N(C)Cc1ccccc1C(F)(F)F.Cl. The van der Waals surface area contributed by atoms with Crippen molar-refractivity contribution in [3.63, 3.8) is 0 Å². The highest BCUT2D eigenvalue weighted by molar-refractivity contribution is 5.85. The lowest BCUT2D eigenvalue weighted by molar-refractivity contribution is -0.140. The molecule has 20 heavy (non-hydrogen) atoms. The maximum absolute atomic E-state index is 12.8. The molecule has 1 aromatic rings. The molecule has 0 aliphatic heterocycles. The Labute approximate surface area is 122 Å². The van der Waals surface area contributed by atoms with E-state index >= 15 is 0 Å². The van der Waals surface area contributed by atoms with E-state index in [0.717, 1.165) is 6.07 Å². The summed E-state index contributed by atoms with van der Waals surface area (Å²) in [4.78, 5) is 13.1. The molecule has 1 aromatic carbocycles. The van der Waals surface area contributed by atoms with Crippen molar-refractivity contribution in [2.24, 2.45) is 11.7 Å². The van der Waals surface area contributed by atoms with Crippen molar-refractivity contribution < 1.29 is 18.0 Å². The van der Waals surface area contributed by atoms with Crippen LogP contribution in [0.3, 0.4) is 0 Å². The maximum Gasteiger partial charge on any atom is 0.416 e. The fraction of sp³-hybridized carbons (Fsp3) is 0.462. The second-order valence-corrected chi connectivity index (χ2v) is 4.49. The zero-order valence-corrected chi connectivity index (χ0v) is 12.1. The topological polar surface area (TPSA) is 46.3 Å². The van der Waals surface area contributed by atoms with Crippen LogP contribution in [0.2, 0.25) is 0 Å². The number of nitrogens with zero attached hydrogens (tertiary/aromatic N) is 1. The van der Waals surface area contributed by atoms with Crippen molar-refractivity contribution >= 4 is 18.3 Å². The van der Waals surface area contributed by atoms with Gasteiger partial charge in [0.2, 0.25) is 5.91 Å². The first-order chi connectivity index (χ1) is 8.77. The summed E-state index contributed by atoms with van der Waals surface area (Å²) in [5.74, 6) is -0.664. The van der Waals surface area contributed by atoms with Gasteiger partial charge in [0.15, 0.2) is 0 Å². The number of carbonyl (C=O) groups excluding carboxylic acids is 1. The minimum atomic E-state index is -4.42. The van der Waals surface area contributed by atoms with E-state index in [0.29, 0.717) is 0 Å². The summed E-state index contributed by atoms with van der Waals surface area (Å²) in [6, 6.07) is 5.24. The van der Waals surface area contributed by atoms with E-state index in [-0.39, 0.29) is 37.0 Å². The molecule has 0 fully saturated rings. The number of rotatable bonds is 4. The lowest BCUT2D eigenvalue weighted by Crippen LogP contribution is -2.35. The van der Waals surface area contributed by atoms with Crippen molar-refractivity contribution in [1.29, 1.82) is 0 Å². The van der Waals surface area contributed by atoms with Gasteiger partial charge in [-0.05, 0) is 11.6 Å². The summed E-state index contributed by atoms with van der Waals surface area (Å²) in [6.45, 7) is 1.73. The van der Waals surface area contributed by atoms with Crippen LogP contribution in [0.15, 0.2) is 24.3 Å². The molecule has 1 amide bonds. The smallest absolute Gasteiger partial charge is 0.341 e. The third-order valence-electron chi connectivity index (χ3n) is 2.88. The molecule has 0 aromatic heterocycles. The van der Waals surface area contributed by atoms with Crippen LogP contribution in [0.5, 0.6) is 0 Å². The van der Waals surface area contributed by atoms with Gasteiger partial charge >= 0.3 is 6.18 Å². The van der Waals surface area contributed by atoms with E-state index in [1.165, 1.54) is 30.1 Å².